The number of carboxylic acid groups (broad SMARTS) is 2. The molecule has 0 saturated heterocycles. The number of nitrogens with zero attached hydrogens (tertiary/aromatic N) is 2. The highest BCUT2D eigenvalue weighted by molar-refractivity contribution is 6.07. The number of carbonyl (C=O) groups excluding carboxylic acids is 5. The minimum Gasteiger partial charge on any atom is -0.481 e. The van der Waals surface area contributed by atoms with Gasteiger partial charge in [0.1, 0.15) is 17.4 Å². The molecule has 2 heterocycles. The number of imidazole rings is 2. The molecule has 20 heteroatoms. The number of rotatable bonds is 21. The van der Waals surface area contributed by atoms with E-state index in [1.165, 1.54) is 6.33 Å². The molecule has 19 nitrogen and oxygen atoms in total. The molecule has 12 N–H and O–H groups in total. The highest BCUT2D eigenvalue weighted by atomic mass is 35.5. The number of ketones is 1. The van der Waals surface area contributed by atoms with Crippen molar-refractivity contribution in [2.75, 3.05) is 19.6 Å². The predicted octanol–water partition coefficient (Wildman–Crippen LogP) is -1.28. The van der Waals surface area contributed by atoms with Gasteiger partial charge in [0.05, 0.1) is 44.2 Å². The Morgan fingerprint density at radius 3 is 1.70 bits per heavy atom. The number of hydrogen-bond donors (Lipinski definition) is 10. The molecule has 4 atom stereocenters. The van der Waals surface area contributed by atoms with Crippen molar-refractivity contribution in [3.05, 3.63) is 35.4 Å². The number of H-pyrrole nitrogens is 2. The second-order valence-electron chi connectivity index (χ2n) is 12.4. The van der Waals surface area contributed by atoms with Crippen molar-refractivity contribution in [2.24, 2.45) is 11.8 Å². The quantitative estimate of drug-likeness (QED) is 0.0719. The fourth-order valence-electron chi connectivity index (χ4n) is 4.73. The van der Waals surface area contributed by atoms with Crippen LogP contribution in [0.5, 0.6) is 0 Å². The molecule has 0 spiro atoms. The molecule has 2 aromatic heterocycles. The number of aromatic nitrogens is 4. The van der Waals surface area contributed by atoms with Crippen LogP contribution in [0.1, 0.15) is 95.8 Å². The fourth-order valence-corrected chi connectivity index (χ4v) is 4.73. The second-order valence-corrected chi connectivity index (χ2v) is 12.4. The third-order valence-electron chi connectivity index (χ3n) is 7.14. The lowest BCUT2D eigenvalue weighted by molar-refractivity contribution is -0.371. The Balaban J connectivity index is 0.0000125. The summed E-state index contributed by atoms with van der Waals surface area (Å²) in [6.45, 7) is 9.77. The Bertz CT molecular complexity index is 1490. The van der Waals surface area contributed by atoms with E-state index < -0.39 is 60.1 Å². The highest BCUT2D eigenvalue weighted by Gasteiger charge is 2.29. The van der Waals surface area contributed by atoms with Crippen molar-refractivity contribution in [2.45, 2.75) is 78.0 Å². The van der Waals surface area contributed by atoms with Crippen LogP contribution < -0.4 is 32.3 Å². The summed E-state index contributed by atoms with van der Waals surface area (Å²) in [7, 11) is 0. The molecular weight excluding hydrogens is 680 g/mol. The number of amides is 4. The molecule has 0 bridgehead atoms. The molecule has 0 aliphatic heterocycles. The lowest BCUT2D eigenvalue weighted by Gasteiger charge is -2.23. The topological polar surface area (TPSA) is 305 Å². The molecule has 50 heavy (non-hydrogen) atoms. The summed E-state index contributed by atoms with van der Waals surface area (Å²) in [4.78, 5) is 100. The largest absolute Gasteiger partial charge is 0.481 e. The second kappa shape index (κ2) is 20.6. The summed E-state index contributed by atoms with van der Waals surface area (Å²) in [5.74, 6) is -6.25. The SMILES string of the molecule is CC(C)C[C@@H](CNCC(=O)[C@H](CC(C)C)NC(=O)c1[nH]cnc1C(=O)N[C@@H](C)C[NH3+])NC(=O)c1nc[nH]c1C(=O)N[C@@H](CC(=O)O)C(=O)O.Cl. The first-order valence-corrected chi connectivity index (χ1v) is 15.8. The number of carbonyl (C=O) groups is 7. The van der Waals surface area contributed by atoms with Gasteiger partial charge in [0.25, 0.3) is 23.6 Å². The third-order valence-corrected chi connectivity index (χ3v) is 7.14. The maximum atomic E-state index is 13.3. The van der Waals surface area contributed by atoms with E-state index in [4.69, 9.17) is 5.11 Å². The number of Topliss-reactive ketones (excluding diaryl/α,β-unsaturated/α-hetero) is 1. The van der Waals surface area contributed by atoms with Gasteiger partial charge in [0.15, 0.2) is 17.2 Å². The van der Waals surface area contributed by atoms with E-state index >= 15 is 0 Å². The number of halogens is 1. The third kappa shape index (κ3) is 13.6. The van der Waals surface area contributed by atoms with Gasteiger partial charge in [-0.05, 0) is 31.6 Å². The van der Waals surface area contributed by atoms with Crippen LogP contribution in [0, 0.1) is 11.8 Å². The Morgan fingerprint density at radius 1 is 0.740 bits per heavy atom. The van der Waals surface area contributed by atoms with Crippen LogP contribution in [0.15, 0.2) is 12.7 Å². The Morgan fingerprint density at radius 2 is 1.24 bits per heavy atom. The van der Waals surface area contributed by atoms with E-state index in [2.05, 4.69) is 52.3 Å². The first-order chi connectivity index (χ1) is 23.0. The van der Waals surface area contributed by atoms with Crippen LogP contribution in [0.3, 0.4) is 0 Å². The van der Waals surface area contributed by atoms with E-state index in [-0.39, 0.29) is 71.9 Å². The van der Waals surface area contributed by atoms with Crippen molar-refractivity contribution in [1.29, 1.82) is 0 Å². The summed E-state index contributed by atoms with van der Waals surface area (Å²) in [6, 6.07) is -3.43. The normalized spacial score (nSPS) is 13.4. The molecular formula is C30H48ClN10O9+. The van der Waals surface area contributed by atoms with Crippen LogP contribution in [0.4, 0.5) is 0 Å². The fraction of sp³-hybridized carbons (Fsp3) is 0.567. The molecule has 4 amide bonds. The van der Waals surface area contributed by atoms with E-state index in [0.29, 0.717) is 19.4 Å². The first kappa shape index (κ1) is 43.1. The van der Waals surface area contributed by atoms with Crippen molar-refractivity contribution >= 4 is 53.8 Å². The van der Waals surface area contributed by atoms with Gasteiger partial charge in [0, 0.05) is 12.6 Å². The van der Waals surface area contributed by atoms with Crippen molar-refractivity contribution in [3.8, 4) is 0 Å². The lowest BCUT2D eigenvalue weighted by Crippen LogP contribution is -2.59. The minimum absolute atomic E-state index is 0. The van der Waals surface area contributed by atoms with Gasteiger partial charge >= 0.3 is 11.9 Å². The van der Waals surface area contributed by atoms with Crippen molar-refractivity contribution in [1.82, 2.24) is 46.5 Å². The van der Waals surface area contributed by atoms with Crippen molar-refractivity contribution in [3.63, 3.8) is 0 Å². The summed E-state index contributed by atoms with van der Waals surface area (Å²) >= 11 is 0. The van der Waals surface area contributed by atoms with Gasteiger partial charge in [-0.1, -0.05) is 27.7 Å². The van der Waals surface area contributed by atoms with Crippen LogP contribution in [-0.4, -0.2) is 115 Å². The maximum absolute atomic E-state index is 13.3. The van der Waals surface area contributed by atoms with Gasteiger partial charge in [-0.2, -0.15) is 0 Å². The zero-order valence-electron chi connectivity index (χ0n) is 28.6. The first-order valence-electron chi connectivity index (χ1n) is 15.8. The number of aliphatic carboxylic acids is 2. The maximum Gasteiger partial charge on any atom is 0.326 e. The lowest BCUT2D eigenvalue weighted by atomic mass is 9.99. The molecule has 0 aliphatic rings. The van der Waals surface area contributed by atoms with E-state index in [1.807, 2.05) is 27.7 Å². The van der Waals surface area contributed by atoms with Gasteiger partial charge < -0.3 is 52.5 Å². The van der Waals surface area contributed by atoms with Crippen LogP contribution in [0.25, 0.3) is 0 Å². The van der Waals surface area contributed by atoms with Crippen LogP contribution in [0.2, 0.25) is 0 Å². The minimum atomic E-state index is -1.74. The van der Waals surface area contributed by atoms with E-state index in [1.54, 1.807) is 6.92 Å². The molecule has 0 fully saturated rings. The van der Waals surface area contributed by atoms with Gasteiger partial charge in [-0.25, -0.2) is 14.8 Å². The number of nitrogens with one attached hydrogen (secondary N) is 7. The monoisotopic (exact) mass is 727 g/mol. The van der Waals surface area contributed by atoms with Crippen LogP contribution >= 0.6 is 12.4 Å². The molecule has 2 aromatic rings. The van der Waals surface area contributed by atoms with Gasteiger partial charge in [-0.3, -0.25) is 28.8 Å². The van der Waals surface area contributed by atoms with Gasteiger partial charge in [-0.15, -0.1) is 12.4 Å². The van der Waals surface area contributed by atoms with Crippen LogP contribution in [-0.2, 0) is 14.4 Å². The zero-order chi connectivity index (χ0) is 36.8. The summed E-state index contributed by atoms with van der Waals surface area (Å²) in [5.41, 5.74) is 2.83. The number of aromatic amines is 2. The number of carboxylic acids is 2. The Hall–Kier alpha value is -4.88. The van der Waals surface area contributed by atoms with E-state index in [9.17, 15) is 38.7 Å². The molecule has 0 radical (unpaired) electrons. The average Bonchev–Trinajstić information content (AvgIpc) is 3.70. The molecule has 0 saturated carbocycles. The summed E-state index contributed by atoms with van der Waals surface area (Å²) in [6.07, 6.45) is 2.18. The van der Waals surface area contributed by atoms with Gasteiger partial charge in [0.2, 0.25) is 0 Å². The van der Waals surface area contributed by atoms with Crippen molar-refractivity contribution < 1.29 is 49.5 Å². The van der Waals surface area contributed by atoms with E-state index in [0.717, 1.165) is 6.33 Å². The molecule has 2 rings (SSSR count). The summed E-state index contributed by atoms with van der Waals surface area (Å²) in [5, 5.41) is 31.4. The standard InChI is InChI=1S/C30H46N10O9.ClH/c1-14(2)6-17(38-27(45)23-25(36-13-34-23)29(47)40-19(30(48)49)8-21(42)43)10-32-11-20(41)18(7-15(3)4)39-28(46)24-22(33-12-35-24)26(44)37-16(5)9-31;/h12-19,32H,6-11,31H2,1-5H3,(H,33,35)(H,34,36)(H,37,44)(H,38,45)(H,39,46)(H,40,47)(H,42,43)(H,48,49);1H/p+1/t16-,17-,18-,19-;/m0./s1. The molecule has 0 aliphatic carbocycles. The highest BCUT2D eigenvalue weighted by Crippen LogP contribution is 2.11. The molecule has 0 unspecified atom stereocenters. The number of hydrogen-bond acceptors (Lipinski definition) is 10. The number of quaternary nitrogens is 1. The Kier molecular flexibility index (Phi) is 17.8. The smallest absolute Gasteiger partial charge is 0.326 e. The summed E-state index contributed by atoms with van der Waals surface area (Å²) < 4.78 is 0. The zero-order valence-corrected chi connectivity index (χ0v) is 29.4. The average molecular weight is 728 g/mol. The molecule has 0 aromatic carbocycles. The predicted molar refractivity (Wildman–Crippen MR) is 180 cm³/mol. The molecule has 278 valence electrons. The Labute approximate surface area is 294 Å².